The van der Waals surface area contributed by atoms with Crippen LogP contribution >= 0.6 is 15.9 Å². The van der Waals surface area contributed by atoms with Crippen molar-refractivity contribution in [2.75, 3.05) is 6.54 Å². The summed E-state index contributed by atoms with van der Waals surface area (Å²) in [6.07, 6.45) is 8.45. The molecule has 2 heteroatoms. The van der Waals surface area contributed by atoms with Crippen LogP contribution in [0.25, 0.3) is 0 Å². The van der Waals surface area contributed by atoms with Gasteiger partial charge in [-0.1, -0.05) is 67.1 Å². The molecule has 1 fully saturated rings. The summed E-state index contributed by atoms with van der Waals surface area (Å²) >= 11 is 3.66. The molecule has 1 aromatic rings. The standard InChI is InChI=1S/C17H26BrN/c1-3-19-17(12-14-8-5-4-6-9-14)15-10-7-11-16(18)13(15)2/h7,10-11,14,17,19H,3-6,8-9,12H2,1-2H3. The van der Waals surface area contributed by atoms with E-state index in [1.165, 1.54) is 54.1 Å². The van der Waals surface area contributed by atoms with Gasteiger partial charge in [-0.2, -0.15) is 0 Å². The van der Waals surface area contributed by atoms with Crippen LogP contribution in [0.15, 0.2) is 22.7 Å². The van der Waals surface area contributed by atoms with E-state index in [1.54, 1.807) is 0 Å². The molecule has 19 heavy (non-hydrogen) atoms. The van der Waals surface area contributed by atoms with Crippen molar-refractivity contribution in [3.63, 3.8) is 0 Å². The molecule has 1 aromatic carbocycles. The molecular weight excluding hydrogens is 298 g/mol. The van der Waals surface area contributed by atoms with Crippen LogP contribution < -0.4 is 5.32 Å². The third kappa shape index (κ3) is 4.06. The molecule has 1 nitrogen and oxygen atoms in total. The molecule has 0 radical (unpaired) electrons. The van der Waals surface area contributed by atoms with Gasteiger partial charge in [-0.25, -0.2) is 0 Å². The number of benzene rings is 1. The van der Waals surface area contributed by atoms with Crippen molar-refractivity contribution < 1.29 is 0 Å². The zero-order valence-electron chi connectivity index (χ0n) is 12.2. The summed E-state index contributed by atoms with van der Waals surface area (Å²) < 4.78 is 1.23. The van der Waals surface area contributed by atoms with Gasteiger partial charge in [0.15, 0.2) is 0 Å². The van der Waals surface area contributed by atoms with Crippen molar-refractivity contribution in [1.82, 2.24) is 5.32 Å². The van der Waals surface area contributed by atoms with E-state index in [1.807, 2.05) is 0 Å². The van der Waals surface area contributed by atoms with Crippen LogP contribution in [0, 0.1) is 12.8 Å². The van der Waals surface area contributed by atoms with E-state index < -0.39 is 0 Å². The molecule has 0 heterocycles. The van der Waals surface area contributed by atoms with E-state index in [2.05, 4.69) is 53.3 Å². The van der Waals surface area contributed by atoms with Gasteiger partial charge in [0.05, 0.1) is 0 Å². The van der Waals surface area contributed by atoms with Crippen molar-refractivity contribution >= 4 is 15.9 Å². The first-order valence-electron chi connectivity index (χ1n) is 7.70. The first-order chi connectivity index (χ1) is 9.22. The van der Waals surface area contributed by atoms with Crippen molar-refractivity contribution in [1.29, 1.82) is 0 Å². The fraction of sp³-hybridized carbons (Fsp3) is 0.647. The van der Waals surface area contributed by atoms with E-state index >= 15 is 0 Å². The van der Waals surface area contributed by atoms with E-state index in [4.69, 9.17) is 0 Å². The summed E-state index contributed by atoms with van der Waals surface area (Å²) in [5.41, 5.74) is 2.87. The molecule has 1 unspecified atom stereocenters. The van der Waals surface area contributed by atoms with Gasteiger partial charge in [-0.15, -0.1) is 0 Å². The smallest absolute Gasteiger partial charge is 0.0325 e. The monoisotopic (exact) mass is 323 g/mol. The molecule has 0 amide bonds. The molecule has 106 valence electrons. The predicted molar refractivity (Wildman–Crippen MR) is 86.5 cm³/mol. The highest BCUT2D eigenvalue weighted by molar-refractivity contribution is 9.10. The maximum atomic E-state index is 3.69. The Labute approximate surface area is 126 Å². The Hall–Kier alpha value is -0.340. The summed E-state index contributed by atoms with van der Waals surface area (Å²) in [5.74, 6) is 0.913. The maximum Gasteiger partial charge on any atom is 0.0325 e. The molecule has 2 rings (SSSR count). The number of hydrogen-bond donors (Lipinski definition) is 1. The highest BCUT2D eigenvalue weighted by Gasteiger charge is 2.21. The summed E-state index contributed by atoms with van der Waals surface area (Å²) in [5, 5.41) is 3.69. The molecule has 1 atom stereocenters. The molecule has 1 N–H and O–H groups in total. The van der Waals surface area contributed by atoms with Crippen molar-refractivity contribution in [2.24, 2.45) is 5.92 Å². The van der Waals surface area contributed by atoms with Crippen LogP contribution in [0.3, 0.4) is 0 Å². The van der Waals surface area contributed by atoms with Gasteiger partial charge >= 0.3 is 0 Å². The lowest BCUT2D eigenvalue weighted by atomic mass is 9.82. The first kappa shape index (κ1) is 15.1. The fourth-order valence-corrected chi connectivity index (χ4v) is 3.71. The Morgan fingerprint density at radius 2 is 2.00 bits per heavy atom. The van der Waals surface area contributed by atoms with E-state index in [0.717, 1.165) is 12.5 Å². The Balaban J connectivity index is 2.11. The first-order valence-corrected chi connectivity index (χ1v) is 8.50. The van der Waals surface area contributed by atoms with Crippen LogP contribution in [0.2, 0.25) is 0 Å². The van der Waals surface area contributed by atoms with Crippen LogP contribution in [0.1, 0.15) is 62.6 Å². The van der Waals surface area contributed by atoms with Gasteiger partial charge in [0.25, 0.3) is 0 Å². The minimum Gasteiger partial charge on any atom is -0.310 e. The van der Waals surface area contributed by atoms with Gasteiger partial charge in [0.2, 0.25) is 0 Å². The van der Waals surface area contributed by atoms with E-state index in [-0.39, 0.29) is 0 Å². The van der Waals surface area contributed by atoms with Gasteiger partial charge < -0.3 is 5.32 Å². The van der Waals surface area contributed by atoms with Crippen LogP contribution in [-0.2, 0) is 0 Å². The van der Waals surface area contributed by atoms with E-state index in [0.29, 0.717) is 6.04 Å². The SMILES string of the molecule is CCNC(CC1CCCCC1)c1cccc(Br)c1C. The summed E-state index contributed by atoms with van der Waals surface area (Å²) in [6, 6.07) is 7.11. The lowest BCUT2D eigenvalue weighted by Gasteiger charge is -2.28. The second-order valence-electron chi connectivity index (χ2n) is 5.80. The van der Waals surface area contributed by atoms with Gasteiger partial charge in [-0.3, -0.25) is 0 Å². The third-order valence-electron chi connectivity index (χ3n) is 4.43. The zero-order valence-corrected chi connectivity index (χ0v) is 13.8. The Kier molecular flexibility index (Phi) is 5.90. The average Bonchev–Trinajstić information content (AvgIpc) is 2.43. The molecule has 0 aromatic heterocycles. The highest BCUT2D eigenvalue weighted by atomic mass is 79.9. The number of halogens is 1. The van der Waals surface area contributed by atoms with Gasteiger partial charge in [0, 0.05) is 10.5 Å². The Bertz CT molecular complexity index is 396. The molecule has 1 aliphatic carbocycles. The minimum atomic E-state index is 0.519. The highest BCUT2D eigenvalue weighted by Crippen LogP contribution is 2.34. The molecule has 0 aliphatic heterocycles. The normalized spacial score (nSPS) is 18.5. The second kappa shape index (κ2) is 7.44. The van der Waals surface area contributed by atoms with Crippen LogP contribution in [0.4, 0.5) is 0 Å². The lowest BCUT2D eigenvalue weighted by Crippen LogP contribution is -2.25. The molecule has 0 bridgehead atoms. The number of rotatable bonds is 5. The maximum absolute atomic E-state index is 3.69. The minimum absolute atomic E-state index is 0.519. The second-order valence-corrected chi connectivity index (χ2v) is 6.66. The van der Waals surface area contributed by atoms with Crippen molar-refractivity contribution in [3.8, 4) is 0 Å². The van der Waals surface area contributed by atoms with Gasteiger partial charge in [0.1, 0.15) is 0 Å². The zero-order chi connectivity index (χ0) is 13.7. The fourth-order valence-electron chi connectivity index (χ4n) is 3.32. The van der Waals surface area contributed by atoms with Crippen molar-refractivity contribution in [3.05, 3.63) is 33.8 Å². The molecule has 0 spiro atoms. The molecular formula is C17H26BrN. The van der Waals surface area contributed by atoms with E-state index in [9.17, 15) is 0 Å². The molecule has 1 saturated carbocycles. The predicted octanol–water partition coefficient (Wildman–Crippen LogP) is 5.38. The summed E-state index contributed by atoms with van der Waals surface area (Å²) in [6.45, 7) is 5.48. The Morgan fingerprint density at radius 3 is 2.68 bits per heavy atom. The molecule has 0 saturated heterocycles. The quantitative estimate of drug-likeness (QED) is 0.767. The van der Waals surface area contributed by atoms with Gasteiger partial charge in [-0.05, 0) is 43.0 Å². The molecule has 1 aliphatic rings. The number of nitrogens with one attached hydrogen (secondary N) is 1. The average molecular weight is 324 g/mol. The largest absolute Gasteiger partial charge is 0.310 e. The number of hydrogen-bond acceptors (Lipinski definition) is 1. The topological polar surface area (TPSA) is 12.0 Å². The third-order valence-corrected chi connectivity index (χ3v) is 5.29. The van der Waals surface area contributed by atoms with Crippen LogP contribution in [0.5, 0.6) is 0 Å². The Morgan fingerprint density at radius 1 is 1.26 bits per heavy atom. The van der Waals surface area contributed by atoms with Crippen molar-refractivity contribution in [2.45, 2.75) is 58.4 Å². The summed E-state index contributed by atoms with van der Waals surface area (Å²) in [7, 11) is 0. The lowest BCUT2D eigenvalue weighted by molar-refractivity contribution is 0.301. The van der Waals surface area contributed by atoms with Crippen LogP contribution in [-0.4, -0.2) is 6.54 Å². The summed E-state index contributed by atoms with van der Waals surface area (Å²) in [4.78, 5) is 0.